The van der Waals surface area contributed by atoms with E-state index in [2.05, 4.69) is 17.0 Å². The van der Waals surface area contributed by atoms with Gasteiger partial charge < -0.3 is 10.6 Å². The summed E-state index contributed by atoms with van der Waals surface area (Å²) in [5.41, 5.74) is 10.3. The van der Waals surface area contributed by atoms with Crippen molar-refractivity contribution in [2.75, 3.05) is 17.2 Å². The van der Waals surface area contributed by atoms with Crippen LogP contribution in [0.2, 0.25) is 0 Å². The van der Waals surface area contributed by atoms with E-state index in [4.69, 9.17) is 5.73 Å². The van der Waals surface area contributed by atoms with Gasteiger partial charge in [0.1, 0.15) is 0 Å². The van der Waals surface area contributed by atoms with E-state index >= 15 is 0 Å². The minimum Gasteiger partial charge on any atom is -0.399 e. The molecule has 2 N–H and O–H groups in total. The van der Waals surface area contributed by atoms with Crippen LogP contribution in [0.3, 0.4) is 0 Å². The Labute approximate surface area is 160 Å². The predicted octanol–water partition coefficient (Wildman–Crippen LogP) is 4.05. The van der Waals surface area contributed by atoms with Crippen molar-refractivity contribution in [1.82, 2.24) is 0 Å². The number of anilines is 2. The largest absolute Gasteiger partial charge is 0.399 e. The molecule has 1 aliphatic heterocycles. The average Bonchev–Trinajstić information content (AvgIpc) is 2.69. The van der Waals surface area contributed by atoms with Gasteiger partial charge in [0.05, 0.1) is 9.79 Å². The Bertz CT molecular complexity index is 1050. The normalized spacial score (nSPS) is 14.0. The van der Waals surface area contributed by atoms with Crippen LogP contribution in [-0.2, 0) is 22.8 Å². The molecule has 4 nitrogen and oxygen atoms in total. The number of hydrogen-bond acceptors (Lipinski definition) is 4. The average molecular weight is 378 g/mol. The summed E-state index contributed by atoms with van der Waals surface area (Å²) in [4.78, 5) is 2.98. The molecule has 3 aromatic rings. The van der Waals surface area contributed by atoms with Gasteiger partial charge in [-0.15, -0.1) is 0 Å². The molecule has 0 amide bonds. The first-order chi connectivity index (χ1) is 13.0. The fourth-order valence-corrected chi connectivity index (χ4v) is 4.87. The summed E-state index contributed by atoms with van der Waals surface area (Å²) in [6.07, 6.45) is 2.14. The maximum Gasteiger partial charge on any atom is 0.206 e. The zero-order valence-corrected chi connectivity index (χ0v) is 15.8. The van der Waals surface area contributed by atoms with Gasteiger partial charge in [-0.1, -0.05) is 30.3 Å². The Morgan fingerprint density at radius 3 is 2.33 bits per heavy atom. The number of nitrogens with zero attached hydrogens (tertiary/aromatic N) is 1. The second kappa shape index (κ2) is 7.08. The van der Waals surface area contributed by atoms with Crippen molar-refractivity contribution in [1.29, 1.82) is 0 Å². The van der Waals surface area contributed by atoms with Crippen LogP contribution in [0.1, 0.15) is 17.5 Å². The number of rotatable bonds is 4. The number of aryl methyl sites for hydroxylation is 1. The lowest BCUT2D eigenvalue weighted by molar-refractivity contribution is 0.596. The number of sulfone groups is 1. The highest BCUT2D eigenvalue weighted by atomic mass is 32.2. The molecule has 0 radical (unpaired) electrons. The smallest absolute Gasteiger partial charge is 0.206 e. The minimum absolute atomic E-state index is 0.320. The van der Waals surface area contributed by atoms with Crippen molar-refractivity contribution in [2.45, 2.75) is 29.2 Å². The lowest BCUT2D eigenvalue weighted by Gasteiger charge is -2.31. The van der Waals surface area contributed by atoms with Gasteiger partial charge in [-0.05, 0) is 66.4 Å². The van der Waals surface area contributed by atoms with Gasteiger partial charge >= 0.3 is 0 Å². The zero-order valence-electron chi connectivity index (χ0n) is 15.0. The first kappa shape index (κ1) is 17.6. The van der Waals surface area contributed by atoms with E-state index < -0.39 is 9.84 Å². The van der Waals surface area contributed by atoms with Crippen molar-refractivity contribution < 1.29 is 8.42 Å². The van der Waals surface area contributed by atoms with Crippen molar-refractivity contribution >= 4 is 21.2 Å². The van der Waals surface area contributed by atoms with Crippen LogP contribution in [0.5, 0.6) is 0 Å². The van der Waals surface area contributed by atoms with E-state index in [0.29, 0.717) is 9.79 Å². The topological polar surface area (TPSA) is 63.4 Å². The van der Waals surface area contributed by atoms with Crippen molar-refractivity contribution in [2.24, 2.45) is 0 Å². The Kier molecular flexibility index (Phi) is 4.62. The summed E-state index contributed by atoms with van der Waals surface area (Å²) in [6.45, 7) is 1.74. The van der Waals surface area contributed by atoms with Crippen LogP contribution in [0.25, 0.3) is 0 Å². The SMILES string of the molecule is Nc1ccc2c(c1)CCCN2Cc1ccc(S(=O)(=O)c2ccccc2)cc1. The zero-order chi connectivity index (χ0) is 18.9. The van der Waals surface area contributed by atoms with Crippen molar-refractivity contribution in [3.63, 3.8) is 0 Å². The number of fused-ring (bicyclic) bond motifs is 1. The van der Waals surface area contributed by atoms with E-state index in [9.17, 15) is 8.42 Å². The van der Waals surface area contributed by atoms with Crippen LogP contribution < -0.4 is 10.6 Å². The van der Waals surface area contributed by atoms with Gasteiger partial charge in [-0.2, -0.15) is 0 Å². The van der Waals surface area contributed by atoms with Crippen LogP contribution in [0.4, 0.5) is 11.4 Å². The van der Waals surface area contributed by atoms with Crippen LogP contribution in [0.15, 0.2) is 82.6 Å². The van der Waals surface area contributed by atoms with Gasteiger partial charge in [0.25, 0.3) is 0 Å². The molecule has 0 spiro atoms. The lowest BCUT2D eigenvalue weighted by atomic mass is 10.0. The fraction of sp³-hybridized carbons (Fsp3) is 0.182. The second-order valence-electron chi connectivity index (χ2n) is 6.87. The molecule has 0 saturated carbocycles. The highest BCUT2D eigenvalue weighted by Gasteiger charge is 2.19. The molecule has 0 aromatic heterocycles. The molecule has 4 rings (SSSR count). The van der Waals surface area contributed by atoms with Crippen LogP contribution >= 0.6 is 0 Å². The highest BCUT2D eigenvalue weighted by Crippen LogP contribution is 2.30. The van der Waals surface area contributed by atoms with E-state index in [1.807, 2.05) is 24.3 Å². The van der Waals surface area contributed by atoms with Crippen molar-refractivity contribution in [3.05, 3.63) is 83.9 Å². The third kappa shape index (κ3) is 3.55. The van der Waals surface area contributed by atoms with E-state index in [0.717, 1.165) is 37.2 Å². The molecule has 5 heteroatoms. The molecule has 0 unspecified atom stereocenters. The summed E-state index contributed by atoms with van der Waals surface area (Å²) in [5, 5.41) is 0. The third-order valence-electron chi connectivity index (χ3n) is 4.98. The number of nitrogen functional groups attached to an aromatic ring is 1. The van der Waals surface area contributed by atoms with E-state index in [-0.39, 0.29) is 0 Å². The van der Waals surface area contributed by atoms with E-state index in [1.54, 1.807) is 36.4 Å². The van der Waals surface area contributed by atoms with Gasteiger partial charge in [-0.25, -0.2) is 8.42 Å². The monoisotopic (exact) mass is 378 g/mol. The molecular weight excluding hydrogens is 356 g/mol. The summed E-state index contributed by atoms with van der Waals surface area (Å²) in [5.74, 6) is 0. The molecule has 0 saturated heterocycles. The maximum absolute atomic E-state index is 12.7. The lowest BCUT2D eigenvalue weighted by Crippen LogP contribution is -2.28. The van der Waals surface area contributed by atoms with Gasteiger partial charge in [0.15, 0.2) is 0 Å². The molecule has 0 fully saturated rings. The minimum atomic E-state index is -3.47. The Balaban J connectivity index is 1.56. The summed E-state index contributed by atoms with van der Waals surface area (Å²) >= 11 is 0. The molecule has 0 bridgehead atoms. The molecular formula is C22H22N2O2S. The highest BCUT2D eigenvalue weighted by molar-refractivity contribution is 7.91. The fourth-order valence-electron chi connectivity index (χ4n) is 3.59. The Morgan fingerprint density at radius 1 is 0.889 bits per heavy atom. The van der Waals surface area contributed by atoms with Crippen LogP contribution in [-0.4, -0.2) is 15.0 Å². The molecule has 27 heavy (non-hydrogen) atoms. The summed E-state index contributed by atoms with van der Waals surface area (Å²) in [6, 6.07) is 21.8. The molecule has 0 atom stereocenters. The first-order valence-corrected chi connectivity index (χ1v) is 10.5. The van der Waals surface area contributed by atoms with Gasteiger partial charge in [-0.3, -0.25) is 0 Å². The Morgan fingerprint density at radius 2 is 1.59 bits per heavy atom. The van der Waals surface area contributed by atoms with Gasteiger partial charge in [0.2, 0.25) is 9.84 Å². The molecule has 138 valence electrons. The molecule has 1 aliphatic rings. The quantitative estimate of drug-likeness (QED) is 0.696. The third-order valence-corrected chi connectivity index (χ3v) is 6.76. The standard InChI is InChI=1S/C22H22N2O2S/c23-19-10-13-22-18(15-19)5-4-14-24(22)16-17-8-11-21(12-9-17)27(25,26)20-6-2-1-3-7-20/h1-3,6-13,15H,4-5,14,16,23H2. The summed E-state index contributed by atoms with van der Waals surface area (Å²) < 4.78 is 25.4. The molecule has 0 aliphatic carbocycles. The van der Waals surface area contributed by atoms with E-state index in [1.165, 1.54) is 11.3 Å². The molecule has 3 aromatic carbocycles. The molecule has 1 heterocycles. The maximum atomic E-state index is 12.7. The number of hydrogen-bond donors (Lipinski definition) is 1. The second-order valence-corrected chi connectivity index (χ2v) is 8.82. The number of benzene rings is 3. The first-order valence-electron chi connectivity index (χ1n) is 9.06. The number of nitrogens with two attached hydrogens (primary N) is 1. The van der Waals surface area contributed by atoms with Crippen molar-refractivity contribution in [3.8, 4) is 0 Å². The van der Waals surface area contributed by atoms with Crippen LogP contribution in [0, 0.1) is 0 Å². The predicted molar refractivity (Wildman–Crippen MR) is 109 cm³/mol. The Hall–Kier alpha value is -2.79. The van der Waals surface area contributed by atoms with Gasteiger partial charge in [0, 0.05) is 24.5 Å². The summed E-state index contributed by atoms with van der Waals surface area (Å²) in [7, 11) is -3.47.